The third-order valence-electron chi connectivity index (χ3n) is 5.60. The summed E-state index contributed by atoms with van der Waals surface area (Å²) in [7, 11) is 0. The lowest BCUT2D eigenvalue weighted by Gasteiger charge is -2.39. The third kappa shape index (κ3) is 4.06. The van der Waals surface area contributed by atoms with Gasteiger partial charge < -0.3 is 10.8 Å². The zero-order valence-electron chi connectivity index (χ0n) is 16.8. The van der Waals surface area contributed by atoms with Crippen molar-refractivity contribution in [3.63, 3.8) is 0 Å². The van der Waals surface area contributed by atoms with Crippen molar-refractivity contribution >= 4 is 29.2 Å². The normalized spacial score (nSPS) is 26.7. The van der Waals surface area contributed by atoms with Crippen LogP contribution in [0.1, 0.15) is 44.2 Å². The molecule has 8 heteroatoms. The Hall–Kier alpha value is -1.73. The van der Waals surface area contributed by atoms with E-state index >= 15 is 8.78 Å². The van der Waals surface area contributed by atoms with Gasteiger partial charge in [-0.3, -0.25) is 10.1 Å². The number of nitrogens with two attached hydrogens (primary N) is 1. The van der Waals surface area contributed by atoms with Crippen molar-refractivity contribution in [2.45, 2.75) is 50.7 Å². The highest BCUT2D eigenvalue weighted by atomic mass is 35.5. The van der Waals surface area contributed by atoms with E-state index < -0.39 is 41.1 Å². The van der Waals surface area contributed by atoms with Crippen LogP contribution >= 0.6 is 23.2 Å². The number of aliphatic carboxylic acids is 1. The molecule has 1 saturated heterocycles. The Morgan fingerprint density at radius 2 is 1.90 bits per heavy atom. The number of rotatable bonds is 4. The van der Waals surface area contributed by atoms with Gasteiger partial charge in [0.2, 0.25) is 0 Å². The Balaban J connectivity index is 2.30. The van der Waals surface area contributed by atoms with Crippen LogP contribution in [-0.2, 0) is 10.3 Å². The minimum Gasteiger partial charge on any atom is -0.480 e. The number of carbonyl (C=O) groups is 1. The first-order chi connectivity index (χ1) is 13.9. The maximum absolute atomic E-state index is 15.1. The highest BCUT2D eigenvalue weighted by Crippen LogP contribution is 2.49. The predicted molar refractivity (Wildman–Crippen MR) is 114 cm³/mol. The maximum Gasteiger partial charge on any atom is 0.321 e. The number of carboxylic acids is 1. The molecule has 0 aliphatic carbocycles. The van der Waals surface area contributed by atoms with E-state index in [1.807, 2.05) is 20.8 Å². The van der Waals surface area contributed by atoms with Gasteiger partial charge in [-0.05, 0) is 35.6 Å². The van der Waals surface area contributed by atoms with Gasteiger partial charge in [0.25, 0.3) is 0 Å². The molecule has 1 aliphatic rings. The molecule has 0 saturated carbocycles. The lowest BCUT2D eigenvalue weighted by atomic mass is 9.68. The Kier molecular flexibility index (Phi) is 6.18. The van der Waals surface area contributed by atoms with E-state index in [9.17, 15) is 9.90 Å². The largest absolute Gasteiger partial charge is 0.480 e. The van der Waals surface area contributed by atoms with Gasteiger partial charge in [-0.2, -0.15) is 0 Å². The van der Waals surface area contributed by atoms with Gasteiger partial charge in [-0.25, -0.2) is 8.78 Å². The van der Waals surface area contributed by atoms with Gasteiger partial charge in [0, 0.05) is 22.5 Å². The molecule has 2 aromatic rings. The quantitative estimate of drug-likeness (QED) is 0.599. The first kappa shape index (κ1) is 22.9. The first-order valence-electron chi connectivity index (χ1n) is 9.53. The standard InChI is InChI=1S/C22H24Cl2F2N2O2/c1-21(2,3)10-16-22(27,13-8-7-11(23)9-15(13)25)17(19(28-16)20(29)30)12-5-4-6-14(24)18(12)26/h4-9,16-17,19,28H,10,27H2,1-3H3,(H,29,30)/t16-,17-,19+,22+/m1/s1. The molecule has 0 aromatic heterocycles. The lowest BCUT2D eigenvalue weighted by Crippen LogP contribution is -2.52. The van der Waals surface area contributed by atoms with Gasteiger partial charge >= 0.3 is 5.97 Å². The summed E-state index contributed by atoms with van der Waals surface area (Å²) < 4.78 is 30.1. The molecule has 0 radical (unpaired) electrons. The highest BCUT2D eigenvalue weighted by Gasteiger charge is 2.58. The van der Waals surface area contributed by atoms with Gasteiger partial charge in [0.1, 0.15) is 17.7 Å². The van der Waals surface area contributed by atoms with Crippen molar-refractivity contribution in [2.24, 2.45) is 11.1 Å². The fraction of sp³-hybridized carbons (Fsp3) is 0.409. The molecule has 1 fully saturated rings. The van der Waals surface area contributed by atoms with E-state index in [1.165, 1.54) is 30.3 Å². The molecule has 0 spiro atoms. The number of hydrogen-bond donors (Lipinski definition) is 3. The number of halogens is 4. The Labute approximate surface area is 184 Å². The summed E-state index contributed by atoms with van der Waals surface area (Å²) in [5.41, 5.74) is 5.14. The second kappa shape index (κ2) is 8.08. The maximum atomic E-state index is 15.1. The molecule has 0 amide bonds. The average molecular weight is 457 g/mol. The van der Waals surface area contributed by atoms with Crippen LogP contribution in [0.15, 0.2) is 36.4 Å². The van der Waals surface area contributed by atoms with Gasteiger partial charge in [-0.15, -0.1) is 0 Å². The van der Waals surface area contributed by atoms with Crippen molar-refractivity contribution in [3.8, 4) is 0 Å². The van der Waals surface area contributed by atoms with Crippen molar-refractivity contribution in [3.05, 3.63) is 69.2 Å². The number of nitrogens with one attached hydrogen (secondary N) is 1. The number of benzene rings is 2. The van der Waals surface area contributed by atoms with E-state index in [4.69, 9.17) is 28.9 Å². The van der Waals surface area contributed by atoms with Crippen molar-refractivity contribution in [1.29, 1.82) is 0 Å². The number of carboxylic acid groups (broad SMARTS) is 1. The van der Waals surface area contributed by atoms with Crippen LogP contribution in [0.3, 0.4) is 0 Å². The Morgan fingerprint density at radius 1 is 1.23 bits per heavy atom. The minimum absolute atomic E-state index is 0.0238. The third-order valence-corrected chi connectivity index (χ3v) is 6.13. The predicted octanol–water partition coefficient (Wildman–Crippen LogP) is 5.07. The van der Waals surface area contributed by atoms with Crippen LogP contribution in [0.2, 0.25) is 10.0 Å². The van der Waals surface area contributed by atoms with E-state index in [1.54, 1.807) is 0 Å². The summed E-state index contributed by atoms with van der Waals surface area (Å²) in [6, 6.07) is 6.49. The van der Waals surface area contributed by atoms with E-state index in [-0.39, 0.29) is 26.6 Å². The minimum atomic E-state index is -1.57. The molecule has 2 aromatic carbocycles. The monoisotopic (exact) mass is 456 g/mol. The SMILES string of the molecule is CC(C)(C)C[C@H]1N[C@H](C(=O)O)[C@@H](c2cccc(Cl)c2F)[C@]1(N)c1ccc(Cl)cc1F. The zero-order chi connectivity index (χ0) is 22.4. The van der Waals surface area contributed by atoms with Gasteiger partial charge in [0.05, 0.1) is 10.6 Å². The molecule has 3 rings (SSSR count). The fourth-order valence-corrected chi connectivity index (χ4v) is 4.73. The van der Waals surface area contributed by atoms with Crippen LogP contribution < -0.4 is 11.1 Å². The topological polar surface area (TPSA) is 75.3 Å². The molecule has 0 bridgehead atoms. The molecular weight excluding hydrogens is 433 g/mol. The molecule has 30 heavy (non-hydrogen) atoms. The van der Waals surface area contributed by atoms with Crippen LogP contribution in [0.4, 0.5) is 8.78 Å². The first-order valence-corrected chi connectivity index (χ1v) is 10.3. The van der Waals surface area contributed by atoms with Crippen molar-refractivity contribution in [1.82, 2.24) is 5.32 Å². The van der Waals surface area contributed by atoms with E-state index in [2.05, 4.69) is 5.32 Å². The molecule has 162 valence electrons. The zero-order valence-corrected chi connectivity index (χ0v) is 18.4. The van der Waals surface area contributed by atoms with Crippen LogP contribution in [0.5, 0.6) is 0 Å². The Morgan fingerprint density at radius 3 is 2.47 bits per heavy atom. The summed E-state index contributed by atoms with van der Waals surface area (Å²) in [5.74, 6) is -3.77. The van der Waals surface area contributed by atoms with Crippen molar-refractivity contribution < 1.29 is 18.7 Å². The smallest absolute Gasteiger partial charge is 0.321 e. The molecule has 1 aliphatic heterocycles. The van der Waals surface area contributed by atoms with Crippen LogP contribution in [0, 0.1) is 17.0 Å². The summed E-state index contributed by atoms with van der Waals surface area (Å²) in [5, 5.41) is 13.0. The molecule has 0 unspecified atom stereocenters. The Bertz CT molecular complexity index is 980. The van der Waals surface area contributed by atoms with Crippen LogP contribution in [-0.4, -0.2) is 23.2 Å². The van der Waals surface area contributed by atoms with Crippen LogP contribution in [0.25, 0.3) is 0 Å². The molecule has 4 nitrogen and oxygen atoms in total. The number of hydrogen-bond acceptors (Lipinski definition) is 3. The second-order valence-corrected chi connectivity index (χ2v) is 9.82. The van der Waals surface area contributed by atoms with Gasteiger partial charge in [-0.1, -0.05) is 62.2 Å². The highest BCUT2D eigenvalue weighted by molar-refractivity contribution is 6.31. The van der Waals surface area contributed by atoms with Gasteiger partial charge in [0.15, 0.2) is 0 Å². The molecule has 4 N–H and O–H groups in total. The molecule has 4 atom stereocenters. The van der Waals surface area contributed by atoms with Crippen molar-refractivity contribution in [2.75, 3.05) is 0 Å². The van der Waals surface area contributed by atoms with E-state index in [0.717, 1.165) is 6.07 Å². The van der Waals surface area contributed by atoms with E-state index in [0.29, 0.717) is 6.42 Å². The second-order valence-electron chi connectivity index (χ2n) is 8.98. The average Bonchev–Trinajstić information content (AvgIpc) is 2.89. The lowest BCUT2D eigenvalue weighted by molar-refractivity contribution is -0.139. The summed E-state index contributed by atoms with van der Waals surface area (Å²) in [6.07, 6.45) is 0.425. The summed E-state index contributed by atoms with van der Waals surface area (Å²) in [4.78, 5) is 12.2. The summed E-state index contributed by atoms with van der Waals surface area (Å²) >= 11 is 11.9. The molecule has 1 heterocycles. The molecular formula is C22H24Cl2F2N2O2. The fourth-order valence-electron chi connectivity index (χ4n) is 4.39. The summed E-state index contributed by atoms with van der Waals surface area (Å²) in [6.45, 7) is 5.91.